The van der Waals surface area contributed by atoms with Crippen molar-refractivity contribution in [3.05, 3.63) is 71.3 Å². The molecular weight excluding hydrogens is 686 g/mol. The number of carbonyl (C=O) groups is 2. The molecule has 0 unspecified atom stereocenters. The van der Waals surface area contributed by atoms with E-state index in [0.29, 0.717) is 6.61 Å². The molecule has 2 aromatic rings. The fourth-order valence-electron chi connectivity index (χ4n) is 4.65. The minimum Gasteiger partial charge on any atom is -0.487 e. The minimum atomic E-state index is -0.227. The van der Waals surface area contributed by atoms with E-state index in [0.717, 1.165) is 39.9 Å². The summed E-state index contributed by atoms with van der Waals surface area (Å²) in [6.45, 7) is 0.475. The topological polar surface area (TPSA) is 59.0 Å². The second-order valence-electron chi connectivity index (χ2n) is 7.96. The number of benzene rings is 2. The van der Waals surface area contributed by atoms with Crippen LogP contribution in [0.25, 0.3) is 0 Å². The molecule has 5 rings (SSSR count). The van der Waals surface area contributed by atoms with Crippen molar-refractivity contribution in [1.82, 2.24) is 5.01 Å². The van der Waals surface area contributed by atoms with Gasteiger partial charge in [-0.3, -0.25) is 9.59 Å². The van der Waals surface area contributed by atoms with Gasteiger partial charge in [-0.1, -0.05) is 40.2 Å². The van der Waals surface area contributed by atoms with Gasteiger partial charge < -0.3 is 4.74 Å². The first-order chi connectivity index (χ1) is 14.9. The van der Waals surface area contributed by atoms with Gasteiger partial charge in [-0.25, -0.2) is 0 Å². The normalized spacial score (nSPS) is 26.4. The van der Waals surface area contributed by atoms with E-state index in [9.17, 15) is 9.59 Å². The molecule has 2 bridgehead atoms. The van der Waals surface area contributed by atoms with Gasteiger partial charge >= 0.3 is 0 Å². The summed E-state index contributed by atoms with van der Waals surface area (Å²) in [5.74, 6) is 0.408. The van der Waals surface area contributed by atoms with Gasteiger partial charge in [-0.15, -0.1) is 0 Å². The number of hydrazone groups is 1. The third kappa shape index (κ3) is 3.99. The summed E-state index contributed by atoms with van der Waals surface area (Å²) < 4.78 is 8.97. The summed E-state index contributed by atoms with van der Waals surface area (Å²) in [4.78, 5) is 25.5. The molecule has 2 aliphatic carbocycles. The molecule has 3 aliphatic rings. The molecule has 5 nitrogen and oxygen atoms in total. The zero-order valence-corrected chi connectivity index (χ0v) is 22.1. The Hall–Kier alpha value is -1.27. The lowest BCUT2D eigenvalue weighted by Crippen LogP contribution is -2.28. The summed E-state index contributed by atoms with van der Waals surface area (Å²) >= 11 is 7.91. The Morgan fingerprint density at radius 2 is 1.61 bits per heavy atom. The molecule has 158 valence electrons. The smallest absolute Gasteiger partial charge is 0.254 e. The molecule has 0 N–H and O–H groups in total. The molecule has 0 radical (unpaired) electrons. The highest BCUT2D eigenvalue weighted by Crippen LogP contribution is 2.52. The molecule has 1 saturated carbocycles. The van der Waals surface area contributed by atoms with E-state index in [1.807, 2.05) is 36.4 Å². The average Bonchev–Trinajstić information content (AvgIpc) is 3.42. The summed E-state index contributed by atoms with van der Waals surface area (Å²) in [6, 6.07) is 11.9. The Morgan fingerprint density at radius 3 is 2.19 bits per heavy atom. The van der Waals surface area contributed by atoms with Crippen LogP contribution < -0.4 is 4.74 Å². The lowest BCUT2D eigenvalue weighted by atomic mass is 9.85. The molecule has 2 aromatic carbocycles. The number of halogens is 3. The second kappa shape index (κ2) is 8.58. The molecule has 1 saturated heterocycles. The number of hydrogen-bond donors (Lipinski definition) is 0. The number of nitrogens with zero attached hydrogens (tertiary/aromatic N) is 2. The minimum absolute atomic E-state index is 0.165. The van der Waals surface area contributed by atoms with E-state index >= 15 is 0 Å². The molecule has 0 spiro atoms. The van der Waals surface area contributed by atoms with Crippen molar-refractivity contribution >= 4 is 79.1 Å². The highest BCUT2D eigenvalue weighted by molar-refractivity contribution is 14.1. The predicted octanol–water partition coefficient (Wildman–Crippen LogP) is 5.38. The standard InChI is InChI=1S/C23H17BrI2N2O3/c24-16-5-1-12(2-6-16)11-31-21-17(25)7-13(8-18(21)26)10-27-28-22(29)19-14-3-4-15(9-14)20(19)23(28)30/h1-8,10,14-15,19-20H,9,11H2/t14-,15-,19-,20+/m0/s1. The lowest BCUT2D eigenvalue weighted by Gasteiger charge is -2.13. The van der Waals surface area contributed by atoms with Gasteiger partial charge in [0.05, 0.1) is 25.2 Å². The highest BCUT2D eigenvalue weighted by Gasteiger charge is 2.59. The second-order valence-corrected chi connectivity index (χ2v) is 11.2. The van der Waals surface area contributed by atoms with Gasteiger partial charge in [0.1, 0.15) is 12.4 Å². The number of allylic oxidation sites excluding steroid dienone is 2. The van der Waals surface area contributed by atoms with Crippen molar-refractivity contribution in [1.29, 1.82) is 0 Å². The van der Waals surface area contributed by atoms with Crippen molar-refractivity contribution in [2.45, 2.75) is 13.0 Å². The molecule has 0 aromatic heterocycles. The number of carbonyl (C=O) groups excluding carboxylic acids is 2. The van der Waals surface area contributed by atoms with Crippen LogP contribution in [-0.2, 0) is 16.2 Å². The first-order valence-electron chi connectivity index (χ1n) is 9.89. The van der Waals surface area contributed by atoms with E-state index in [4.69, 9.17) is 4.74 Å². The first-order valence-corrected chi connectivity index (χ1v) is 12.8. The van der Waals surface area contributed by atoms with Gasteiger partial charge in [0.25, 0.3) is 11.8 Å². The molecular formula is C23H17BrI2N2O3. The maximum absolute atomic E-state index is 12.8. The number of hydrogen-bond acceptors (Lipinski definition) is 4. The summed E-state index contributed by atoms with van der Waals surface area (Å²) in [7, 11) is 0. The molecule has 4 atom stereocenters. The van der Waals surface area contributed by atoms with Crippen LogP contribution in [0.5, 0.6) is 5.75 Å². The van der Waals surface area contributed by atoms with Crippen LogP contribution in [0.15, 0.2) is 58.1 Å². The predicted molar refractivity (Wildman–Crippen MR) is 138 cm³/mol. The van der Waals surface area contributed by atoms with E-state index in [1.54, 1.807) is 6.21 Å². The Morgan fingerprint density at radius 1 is 1.03 bits per heavy atom. The van der Waals surface area contributed by atoms with Gasteiger partial charge in [0.2, 0.25) is 0 Å². The van der Waals surface area contributed by atoms with Gasteiger partial charge in [0, 0.05) is 4.47 Å². The number of rotatable bonds is 5. The maximum atomic E-state index is 12.8. The van der Waals surface area contributed by atoms with Crippen molar-refractivity contribution in [3.63, 3.8) is 0 Å². The van der Waals surface area contributed by atoms with Crippen LogP contribution in [0.1, 0.15) is 17.5 Å². The number of fused-ring (bicyclic) bond motifs is 5. The third-order valence-corrected chi connectivity index (χ3v) is 8.22. The number of ether oxygens (including phenoxy) is 1. The lowest BCUT2D eigenvalue weighted by molar-refractivity contribution is -0.140. The first kappa shape index (κ1) is 21.6. The van der Waals surface area contributed by atoms with E-state index in [2.05, 4.69) is 78.4 Å². The van der Waals surface area contributed by atoms with E-state index in [1.165, 1.54) is 0 Å². The monoisotopic (exact) mass is 702 g/mol. The Labute approximate surface area is 215 Å². The molecule has 1 heterocycles. The zero-order chi connectivity index (χ0) is 21.7. The molecule has 31 heavy (non-hydrogen) atoms. The Kier molecular flexibility index (Phi) is 5.97. The van der Waals surface area contributed by atoms with Gasteiger partial charge in [0.15, 0.2) is 0 Å². The Balaban J connectivity index is 1.30. The SMILES string of the molecule is O=C1[C@@H]2[C@H](C(=O)N1N=Cc1cc(I)c(OCc3ccc(Br)cc3)c(I)c1)[C@H]1C=C[C@H]2C1. The van der Waals surface area contributed by atoms with Crippen LogP contribution in [0.4, 0.5) is 0 Å². The van der Waals surface area contributed by atoms with Crippen molar-refractivity contribution in [2.24, 2.45) is 28.8 Å². The van der Waals surface area contributed by atoms with Crippen molar-refractivity contribution in [2.75, 3.05) is 0 Å². The van der Waals surface area contributed by atoms with Gasteiger partial charge in [-0.05, 0) is 98.8 Å². The zero-order valence-electron chi connectivity index (χ0n) is 16.2. The van der Waals surface area contributed by atoms with E-state index in [-0.39, 0.29) is 35.5 Å². The van der Waals surface area contributed by atoms with E-state index < -0.39 is 0 Å². The quantitative estimate of drug-likeness (QED) is 0.182. The van der Waals surface area contributed by atoms with Crippen LogP contribution >= 0.6 is 61.1 Å². The number of imide groups is 1. The maximum Gasteiger partial charge on any atom is 0.254 e. The number of amides is 2. The fourth-order valence-corrected chi connectivity index (χ4v) is 7.04. The highest BCUT2D eigenvalue weighted by atomic mass is 127. The van der Waals surface area contributed by atoms with Crippen LogP contribution in [0.2, 0.25) is 0 Å². The molecule has 2 amide bonds. The summed E-state index contributed by atoms with van der Waals surface area (Å²) in [5, 5.41) is 5.36. The fraction of sp³-hybridized carbons (Fsp3) is 0.261. The van der Waals surface area contributed by atoms with Crippen LogP contribution in [0, 0.1) is 30.8 Å². The Bertz CT molecular complexity index is 1080. The summed E-state index contributed by atoms with van der Waals surface area (Å²) in [5.41, 5.74) is 1.91. The van der Waals surface area contributed by atoms with Crippen molar-refractivity contribution < 1.29 is 14.3 Å². The largest absolute Gasteiger partial charge is 0.487 e. The van der Waals surface area contributed by atoms with Gasteiger partial charge in [-0.2, -0.15) is 10.1 Å². The van der Waals surface area contributed by atoms with Crippen LogP contribution in [0.3, 0.4) is 0 Å². The van der Waals surface area contributed by atoms with Crippen LogP contribution in [-0.4, -0.2) is 23.0 Å². The van der Waals surface area contributed by atoms with Crippen molar-refractivity contribution in [3.8, 4) is 5.75 Å². The third-order valence-electron chi connectivity index (χ3n) is 6.09. The average molecular weight is 703 g/mol. The summed E-state index contributed by atoms with van der Waals surface area (Å²) in [6.07, 6.45) is 6.68. The molecule has 8 heteroatoms. The molecule has 1 aliphatic heterocycles. The molecule has 2 fully saturated rings.